The maximum atomic E-state index is 13.1. The molecule has 0 aliphatic carbocycles. The zero-order chi connectivity index (χ0) is 28.2. The summed E-state index contributed by atoms with van der Waals surface area (Å²) in [6.07, 6.45) is 14.8. The van der Waals surface area contributed by atoms with Crippen LogP contribution in [0.15, 0.2) is 46.6 Å². The number of hydrogen-bond acceptors (Lipinski definition) is 6. The lowest BCUT2D eigenvalue weighted by Gasteiger charge is -2.30. The third-order valence-electron chi connectivity index (χ3n) is 8.43. The van der Waals surface area contributed by atoms with E-state index in [9.17, 15) is 9.90 Å². The summed E-state index contributed by atoms with van der Waals surface area (Å²) in [7, 11) is 0. The number of allylic oxidation sites excluding steroid dienone is 1. The number of quaternary nitrogens is 1. The van der Waals surface area contributed by atoms with Crippen molar-refractivity contribution in [2.45, 2.75) is 122 Å². The summed E-state index contributed by atoms with van der Waals surface area (Å²) < 4.78 is 13.3. The molecule has 0 radical (unpaired) electrons. The molecule has 0 spiro atoms. The maximum Gasteiger partial charge on any atom is 0.446 e. The Kier molecular flexibility index (Phi) is 11.9. The second kappa shape index (κ2) is 15.8. The zero-order valence-electron chi connectivity index (χ0n) is 24.5. The smallest absolute Gasteiger partial charge is 0.446 e. The number of carbonyl (C=O) groups excluding carboxylic acids is 1. The highest BCUT2D eigenvalue weighted by Gasteiger charge is 2.51. The number of unbranched alkanes of at least 4 members (excludes halogenated alkanes) is 7. The van der Waals surface area contributed by atoms with Crippen LogP contribution < -0.4 is 15.7 Å². The lowest BCUT2D eigenvalue weighted by Crippen LogP contribution is -3.00. The molecule has 220 valence electrons. The number of rotatable bonds is 16. The van der Waals surface area contributed by atoms with Crippen molar-refractivity contribution in [3.05, 3.63) is 47.2 Å². The second-order valence-electron chi connectivity index (χ2n) is 11.5. The molecule has 3 atom stereocenters. The SMILES string of the molecule is CCCCCCCCC[C@@H]1C[C@@H]2CC[C@H]3C(C(=O)OCCCCN=C([O-])OCc4ccccc4)=C(C)NC(=[N+]23)[NH2+]1. The van der Waals surface area contributed by atoms with Crippen LogP contribution in [0.3, 0.4) is 0 Å². The Balaban J connectivity index is 1.16. The van der Waals surface area contributed by atoms with Gasteiger partial charge in [-0.1, -0.05) is 75.8 Å². The number of nitrogens with one attached hydrogen (secondary N) is 1. The average molecular weight is 554 g/mol. The van der Waals surface area contributed by atoms with Crippen LogP contribution in [0.25, 0.3) is 0 Å². The summed E-state index contributed by atoms with van der Waals surface area (Å²) >= 11 is 0. The molecule has 0 aromatic heterocycles. The summed E-state index contributed by atoms with van der Waals surface area (Å²) in [5, 5.41) is 17.8. The van der Waals surface area contributed by atoms with Crippen molar-refractivity contribution < 1.29 is 29.3 Å². The predicted molar refractivity (Wildman–Crippen MR) is 155 cm³/mol. The van der Waals surface area contributed by atoms with Crippen LogP contribution in [0.4, 0.5) is 0 Å². The van der Waals surface area contributed by atoms with Crippen molar-refractivity contribution in [3.63, 3.8) is 0 Å². The monoisotopic (exact) mass is 553 g/mol. The molecule has 8 heteroatoms. The molecular formula is C32H49N4O4+. The van der Waals surface area contributed by atoms with Gasteiger partial charge < -0.3 is 14.6 Å². The van der Waals surface area contributed by atoms with E-state index >= 15 is 0 Å². The highest BCUT2D eigenvalue weighted by Crippen LogP contribution is 2.32. The van der Waals surface area contributed by atoms with Gasteiger partial charge in [-0.2, -0.15) is 5.32 Å². The zero-order valence-corrected chi connectivity index (χ0v) is 24.5. The van der Waals surface area contributed by atoms with Crippen molar-refractivity contribution >= 4 is 18.0 Å². The van der Waals surface area contributed by atoms with E-state index in [4.69, 9.17) is 9.47 Å². The molecule has 4 rings (SSSR count). The minimum atomic E-state index is -0.555. The van der Waals surface area contributed by atoms with Crippen molar-refractivity contribution in [1.29, 1.82) is 0 Å². The highest BCUT2D eigenvalue weighted by atomic mass is 16.6. The molecular weight excluding hydrogens is 504 g/mol. The third kappa shape index (κ3) is 8.56. The number of guanidine groups is 1. The first kappa shape index (κ1) is 30.1. The molecule has 1 saturated heterocycles. The molecule has 40 heavy (non-hydrogen) atoms. The van der Waals surface area contributed by atoms with Gasteiger partial charge in [-0.25, -0.2) is 14.7 Å². The molecule has 0 unspecified atom stereocenters. The van der Waals surface area contributed by atoms with Crippen LogP contribution in [0.2, 0.25) is 0 Å². The van der Waals surface area contributed by atoms with Crippen LogP contribution >= 0.6 is 0 Å². The topological polar surface area (TPSA) is 103 Å². The Morgan fingerprint density at radius 3 is 2.62 bits per heavy atom. The van der Waals surface area contributed by atoms with Crippen LogP contribution in [-0.2, 0) is 20.9 Å². The normalized spacial score (nSPS) is 22.2. The van der Waals surface area contributed by atoms with E-state index in [0.29, 0.717) is 38.1 Å². The van der Waals surface area contributed by atoms with Gasteiger partial charge in [0.25, 0.3) is 0 Å². The van der Waals surface area contributed by atoms with E-state index in [0.717, 1.165) is 29.7 Å². The van der Waals surface area contributed by atoms with Crippen LogP contribution in [0.5, 0.6) is 0 Å². The summed E-state index contributed by atoms with van der Waals surface area (Å²) in [5.41, 5.74) is 2.63. The quantitative estimate of drug-likeness (QED) is 0.107. The minimum Gasteiger partial charge on any atom is -0.596 e. The van der Waals surface area contributed by atoms with Crippen LogP contribution in [0.1, 0.15) is 103 Å². The average Bonchev–Trinajstić information content (AvgIpc) is 3.38. The first-order valence-corrected chi connectivity index (χ1v) is 15.6. The van der Waals surface area contributed by atoms with E-state index in [1.807, 2.05) is 37.3 Å². The second-order valence-corrected chi connectivity index (χ2v) is 11.5. The number of nitrogens with zero attached hydrogens (tertiary/aromatic N) is 2. The molecule has 3 aliphatic rings. The summed E-state index contributed by atoms with van der Waals surface area (Å²) in [6.45, 7) is 5.18. The lowest BCUT2D eigenvalue weighted by atomic mass is 9.97. The first-order chi connectivity index (χ1) is 19.6. The van der Waals surface area contributed by atoms with Crippen molar-refractivity contribution in [1.82, 2.24) is 5.32 Å². The van der Waals surface area contributed by atoms with Crippen LogP contribution in [0, 0.1) is 0 Å². The number of ether oxygens (including phenoxy) is 2. The maximum absolute atomic E-state index is 13.1. The fourth-order valence-electron chi connectivity index (χ4n) is 6.35. The van der Waals surface area contributed by atoms with Gasteiger partial charge in [-0.05, 0) is 44.6 Å². The van der Waals surface area contributed by atoms with Gasteiger partial charge in [0.1, 0.15) is 35.5 Å². The molecule has 3 aliphatic heterocycles. The van der Waals surface area contributed by atoms with Gasteiger partial charge in [0.15, 0.2) is 0 Å². The van der Waals surface area contributed by atoms with Gasteiger partial charge in [-0.3, -0.25) is 4.99 Å². The summed E-state index contributed by atoms with van der Waals surface area (Å²) in [5.74, 6) is 0.973. The molecule has 8 nitrogen and oxygen atoms in total. The standard InChI is InChI=1S/C32H48N4O4/c1-3-4-5-6-7-8-12-17-26-22-27-18-19-28-29(24(2)34-31(35-26)36(27)28)30(37)39-21-14-13-20-33-32(38)40-23-25-15-10-9-11-16-25/h9-11,15-16,26-28H,3-8,12-14,17-23H2,1-2H3,(H2,33,34,35,37,38)/p+1/t26-,27+,28+/m1/s1. The van der Waals surface area contributed by atoms with Crippen LogP contribution in [-0.4, -0.2) is 53.9 Å². The summed E-state index contributed by atoms with van der Waals surface area (Å²) in [4.78, 5) is 17.0. The van der Waals surface area contributed by atoms with E-state index in [-0.39, 0.29) is 18.6 Å². The Hall–Kier alpha value is -2.87. The van der Waals surface area contributed by atoms with Gasteiger partial charge in [-0.15, -0.1) is 0 Å². The Morgan fingerprint density at radius 1 is 1.05 bits per heavy atom. The van der Waals surface area contributed by atoms with E-state index in [1.165, 1.54) is 63.7 Å². The number of carbonyl (C=O) groups is 1. The Bertz CT molecular complexity index is 1050. The largest absolute Gasteiger partial charge is 0.596 e. The van der Waals surface area contributed by atoms with E-state index in [2.05, 4.69) is 27.1 Å². The summed E-state index contributed by atoms with van der Waals surface area (Å²) in [6, 6.07) is 10.8. The molecule has 0 saturated carbocycles. The van der Waals surface area contributed by atoms with Crippen molar-refractivity contribution in [3.8, 4) is 0 Å². The molecule has 0 bridgehead atoms. The molecule has 0 amide bonds. The van der Waals surface area contributed by atoms with Gasteiger partial charge in [0.05, 0.1) is 6.61 Å². The third-order valence-corrected chi connectivity index (χ3v) is 8.43. The fourth-order valence-corrected chi connectivity index (χ4v) is 6.35. The minimum absolute atomic E-state index is 0.110. The highest BCUT2D eigenvalue weighted by molar-refractivity contribution is 5.92. The first-order valence-electron chi connectivity index (χ1n) is 15.6. The van der Waals surface area contributed by atoms with Gasteiger partial charge in [0.2, 0.25) is 0 Å². The molecule has 1 aromatic carbocycles. The molecule has 3 heterocycles. The number of hydrogen-bond donors (Lipinski definition) is 2. The van der Waals surface area contributed by atoms with Crippen molar-refractivity contribution in [2.24, 2.45) is 4.99 Å². The molecule has 3 N–H and O–H groups in total. The van der Waals surface area contributed by atoms with E-state index < -0.39 is 6.08 Å². The number of nitrogens with two attached hydrogens (primary N) is 1. The van der Waals surface area contributed by atoms with Crippen molar-refractivity contribution in [2.75, 3.05) is 13.2 Å². The molecule has 1 aromatic rings. The Labute approximate surface area is 239 Å². The fraction of sp³-hybridized carbons (Fsp3) is 0.656. The van der Waals surface area contributed by atoms with Gasteiger partial charge in [0, 0.05) is 26.0 Å². The lowest BCUT2D eigenvalue weighted by molar-refractivity contribution is -0.710. The number of aliphatic imine (C=N–C) groups is 1. The number of benzene rings is 1. The van der Waals surface area contributed by atoms with Gasteiger partial charge >= 0.3 is 11.9 Å². The van der Waals surface area contributed by atoms with E-state index in [1.54, 1.807) is 0 Å². The Morgan fingerprint density at radius 2 is 1.82 bits per heavy atom. The molecule has 1 fully saturated rings. The predicted octanol–water partition coefficient (Wildman–Crippen LogP) is 3.50. The number of esters is 1.